The van der Waals surface area contributed by atoms with Crippen LogP contribution in [0.3, 0.4) is 0 Å². The highest BCUT2D eigenvalue weighted by molar-refractivity contribution is 8.00. The summed E-state index contributed by atoms with van der Waals surface area (Å²) in [5, 5.41) is 3.43. The molecule has 1 N–H and O–H groups in total. The topological polar surface area (TPSA) is 38.3 Å². The van der Waals surface area contributed by atoms with E-state index in [0.29, 0.717) is 4.75 Å². The third-order valence-electron chi connectivity index (χ3n) is 3.31. The Morgan fingerprint density at radius 3 is 2.53 bits per heavy atom. The summed E-state index contributed by atoms with van der Waals surface area (Å²) in [6.45, 7) is 4.94. The SMILES string of the molecule is COC(=O)C(C)C(C)NCC1(SC)CC1. The average molecular weight is 231 g/mol. The minimum absolute atomic E-state index is 0.0762. The van der Waals surface area contributed by atoms with Crippen LogP contribution in [0.2, 0.25) is 0 Å². The van der Waals surface area contributed by atoms with Crippen molar-refractivity contribution in [1.82, 2.24) is 5.32 Å². The standard InChI is InChI=1S/C11H21NO2S/c1-8(10(13)14-3)9(2)12-7-11(15-4)5-6-11/h8-9,12H,5-7H2,1-4H3. The molecule has 0 radical (unpaired) electrons. The van der Waals surface area contributed by atoms with E-state index in [9.17, 15) is 4.79 Å². The van der Waals surface area contributed by atoms with Crippen molar-refractivity contribution in [3.63, 3.8) is 0 Å². The van der Waals surface area contributed by atoms with Gasteiger partial charge < -0.3 is 10.1 Å². The van der Waals surface area contributed by atoms with Crippen LogP contribution < -0.4 is 5.32 Å². The first-order chi connectivity index (χ1) is 7.04. The molecule has 0 aromatic rings. The van der Waals surface area contributed by atoms with Gasteiger partial charge >= 0.3 is 5.97 Å². The second-order valence-electron chi connectivity index (χ2n) is 4.37. The van der Waals surface area contributed by atoms with Gasteiger partial charge in [0.15, 0.2) is 0 Å². The van der Waals surface area contributed by atoms with E-state index in [2.05, 4.69) is 11.6 Å². The summed E-state index contributed by atoms with van der Waals surface area (Å²) in [7, 11) is 1.44. The second-order valence-corrected chi connectivity index (χ2v) is 5.64. The lowest BCUT2D eigenvalue weighted by Crippen LogP contribution is -2.40. The van der Waals surface area contributed by atoms with Gasteiger partial charge in [-0.15, -0.1) is 0 Å². The van der Waals surface area contributed by atoms with E-state index in [1.807, 2.05) is 25.6 Å². The fourth-order valence-electron chi connectivity index (χ4n) is 1.51. The molecule has 0 aromatic heterocycles. The highest BCUT2D eigenvalue weighted by Crippen LogP contribution is 2.46. The normalized spacial score (nSPS) is 21.9. The van der Waals surface area contributed by atoms with Gasteiger partial charge in [0.05, 0.1) is 13.0 Å². The lowest BCUT2D eigenvalue weighted by molar-refractivity contribution is -0.145. The molecule has 0 spiro atoms. The predicted molar refractivity (Wildman–Crippen MR) is 64.1 cm³/mol. The van der Waals surface area contributed by atoms with Gasteiger partial charge in [0, 0.05) is 17.3 Å². The van der Waals surface area contributed by atoms with Gasteiger partial charge in [0.25, 0.3) is 0 Å². The molecule has 1 saturated carbocycles. The van der Waals surface area contributed by atoms with Crippen LogP contribution in [0, 0.1) is 5.92 Å². The molecule has 1 rings (SSSR count). The number of hydrogen-bond acceptors (Lipinski definition) is 4. The summed E-state index contributed by atoms with van der Waals surface area (Å²) in [5.74, 6) is -0.211. The van der Waals surface area contributed by atoms with Crippen LogP contribution in [0.15, 0.2) is 0 Å². The van der Waals surface area contributed by atoms with Crippen LogP contribution >= 0.6 is 11.8 Å². The summed E-state index contributed by atoms with van der Waals surface area (Å²) < 4.78 is 5.17. The molecule has 1 aliphatic carbocycles. The maximum Gasteiger partial charge on any atom is 0.309 e. The molecular formula is C11H21NO2S. The lowest BCUT2D eigenvalue weighted by atomic mass is 10.0. The molecule has 3 nitrogen and oxygen atoms in total. The molecule has 0 aromatic carbocycles. The molecule has 4 heteroatoms. The monoisotopic (exact) mass is 231 g/mol. The molecule has 0 aliphatic heterocycles. The number of esters is 1. The first-order valence-electron chi connectivity index (χ1n) is 5.41. The van der Waals surface area contributed by atoms with E-state index in [1.165, 1.54) is 20.0 Å². The maximum atomic E-state index is 11.3. The van der Waals surface area contributed by atoms with Gasteiger partial charge in [-0.05, 0) is 26.0 Å². The third kappa shape index (κ3) is 3.38. The van der Waals surface area contributed by atoms with Crippen molar-refractivity contribution >= 4 is 17.7 Å². The summed E-state index contributed by atoms with van der Waals surface area (Å²) in [6, 6.07) is 0.182. The molecule has 1 aliphatic rings. The number of methoxy groups -OCH3 is 1. The van der Waals surface area contributed by atoms with Crippen molar-refractivity contribution in [3.8, 4) is 0 Å². The van der Waals surface area contributed by atoms with Gasteiger partial charge in [0.1, 0.15) is 0 Å². The number of hydrogen-bond donors (Lipinski definition) is 1. The van der Waals surface area contributed by atoms with Crippen LogP contribution in [0.25, 0.3) is 0 Å². The molecule has 1 fully saturated rings. The molecule has 0 saturated heterocycles. The smallest absolute Gasteiger partial charge is 0.309 e. The molecule has 2 atom stereocenters. The molecule has 0 amide bonds. The fourth-order valence-corrected chi connectivity index (χ4v) is 2.24. The summed E-state index contributed by atoms with van der Waals surface area (Å²) in [4.78, 5) is 11.3. The van der Waals surface area contributed by atoms with E-state index < -0.39 is 0 Å². The Kier molecular flexibility index (Phi) is 4.46. The highest BCUT2D eigenvalue weighted by Gasteiger charge is 2.41. The van der Waals surface area contributed by atoms with Gasteiger partial charge in [0.2, 0.25) is 0 Å². The molecule has 0 heterocycles. The van der Waals surface area contributed by atoms with Crippen molar-refractivity contribution in [2.45, 2.75) is 37.5 Å². The molecule has 0 bridgehead atoms. The van der Waals surface area contributed by atoms with Crippen molar-refractivity contribution in [3.05, 3.63) is 0 Å². The second kappa shape index (κ2) is 5.21. The number of ether oxygens (including phenoxy) is 1. The number of carbonyl (C=O) groups excluding carboxylic acids is 1. The Labute approximate surface area is 96.3 Å². The Morgan fingerprint density at radius 1 is 1.53 bits per heavy atom. The first kappa shape index (κ1) is 12.8. The lowest BCUT2D eigenvalue weighted by Gasteiger charge is -2.22. The zero-order valence-corrected chi connectivity index (χ0v) is 10.8. The van der Waals surface area contributed by atoms with Crippen LogP contribution in [0.5, 0.6) is 0 Å². The van der Waals surface area contributed by atoms with Gasteiger partial charge in [-0.25, -0.2) is 0 Å². The summed E-state index contributed by atoms with van der Waals surface area (Å²) in [6.07, 6.45) is 4.74. The van der Waals surface area contributed by atoms with Crippen molar-refractivity contribution in [1.29, 1.82) is 0 Å². The third-order valence-corrected chi connectivity index (χ3v) is 4.73. The largest absolute Gasteiger partial charge is 0.469 e. The van der Waals surface area contributed by atoms with E-state index in [0.717, 1.165) is 6.54 Å². The number of carbonyl (C=O) groups is 1. The summed E-state index contributed by atoms with van der Waals surface area (Å²) in [5.41, 5.74) is 0. The number of rotatable bonds is 6. The minimum Gasteiger partial charge on any atom is -0.469 e. The fraction of sp³-hybridized carbons (Fsp3) is 0.909. The molecule has 88 valence electrons. The average Bonchev–Trinajstić information content (AvgIpc) is 3.04. The zero-order valence-electron chi connectivity index (χ0n) is 10.0. The number of thioether (sulfide) groups is 1. The highest BCUT2D eigenvalue weighted by atomic mass is 32.2. The van der Waals surface area contributed by atoms with Crippen LogP contribution in [0.1, 0.15) is 26.7 Å². The first-order valence-corrected chi connectivity index (χ1v) is 6.63. The van der Waals surface area contributed by atoms with Crippen LogP contribution in [-0.4, -0.2) is 36.7 Å². The number of nitrogens with one attached hydrogen (secondary N) is 1. The minimum atomic E-state index is -0.135. The Bertz CT molecular complexity index is 229. The molecule has 15 heavy (non-hydrogen) atoms. The molecular weight excluding hydrogens is 210 g/mol. The van der Waals surface area contributed by atoms with E-state index >= 15 is 0 Å². The van der Waals surface area contributed by atoms with Gasteiger partial charge in [-0.3, -0.25) is 4.79 Å². The Balaban J connectivity index is 2.29. The van der Waals surface area contributed by atoms with E-state index in [4.69, 9.17) is 4.74 Å². The van der Waals surface area contributed by atoms with Crippen molar-refractivity contribution < 1.29 is 9.53 Å². The maximum absolute atomic E-state index is 11.3. The van der Waals surface area contributed by atoms with Crippen LogP contribution in [0.4, 0.5) is 0 Å². The molecule has 2 unspecified atom stereocenters. The quantitative estimate of drug-likeness (QED) is 0.706. The Hall–Kier alpha value is -0.220. The Morgan fingerprint density at radius 2 is 2.13 bits per heavy atom. The van der Waals surface area contributed by atoms with Crippen LogP contribution in [-0.2, 0) is 9.53 Å². The van der Waals surface area contributed by atoms with Gasteiger partial charge in [-0.2, -0.15) is 11.8 Å². The van der Waals surface area contributed by atoms with Gasteiger partial charge in [-0.1, -0.05) is 6.92 Å². The van der Waals surface area contributed by atoms with E-state index in [1.54, 1.807) is 0 Å². The summed E-state index contributed by atoms with van der Waals surface area (Å²) >= 11 is 1.93. The van der Waals surface area contributed by atoms with E-state index in [-0.39, 0.29) is 17.9 Å². The zero-order chi connectivity index (χ0) is 11.5. The predicted octanol–water partition coefficient (Wildman–Crippen LogP) is 1.67. The van der Waals surface area contributed by atoms with Crippen molar-refractivity contribution in [2.75, 3.05) is 19.9 Å². The van der Waals surface area contributed by atoms with Crippen molar-refractivity contribution in [2.24, 2.45) is 5.92 Å².